The Balaban J connectivity index is 2.36. The highest BCUT2D eigenvalue weighted by atomic mass is 32.1. The molecule has 0 fully saturated rings. The highest BCUT2D eigenvalue weighted by molar-refractivity contribution is 7.80. The standard InChI is InChI=1S/C11H20N4S/c1-10(2)14(7-4-11(12)16)8-9-15-6-3-5-13-15/h3,5-6,10H,4,7-9H2,1-2H3,(H2,12,16). The molecular formula is C11H20N4S. The van der Waals surface area contributed by atoms with Crippen LogP contribution in [0.1, 0.15) is 20.3 Å². The molecule has 0 aromatic carbocycles. The molecular weight excluding hydrogens is 220 g/mol. The van der Waals surface area contributed by atoms with Gasteiger partial charge in [-0.3, -0.25) is 9.58 Å². The van der Waals surface area contributed by atoms with Crippen molar-refractivity contribution in [2.24, 2.45) is 5.73 Å². The quantitative estimate of drug-likeness (QED) is 0.729. The molecule has 4 nitrogen and oxygen atoms in total. The van der Waals surface area contributed by atoms with Gasteiger partial charge in [0.05, 0.1) is 11.5 Å². The average molecular weight is 240 g/mol. The van der Waals surface area contributed by atoms with Gasteiger partial charge in [0.2, 0.25) is 0 Å². The first kappa shape index (κ1) is 13.1. The topological polar surface area (TPSA) is 47.1 Å². The van der Waals surface area contributed by atoms with Crippen LogP contribution < -0.4 is 5.73 Å². The van der Waals surface area contributed by atoms with Crippen LogP contribution in [0.5, 0.6) is 0 Å². The van der Waals surface area contributed by atoms with Gasteiger partial charge in [-0.1, -0.05) is 12.2 Å². The molecule has 0 radical (unpaired) electrons. The van der Waals surface area contributed by atoms with E-state index < -0.39 is 0 Å². The molecule has 0 unspecified atom stereocenters. The van der Waals surface area contributed by atoms with E-state index in [1.54, 1.807) is 6.20 Å². The Morgan fingerprint density at radius 1 is 1.50 bits per heavy atom. The molecule has 5 heteroatoms. The second-order valence-electron chi connectivity index (χ2n) is 4.12. The van der Waals surface area contributed by atoms with Crippen LogP contribution in [0, 0.1) is 0 Å². The molecule has 1 aromatic rings. The first-order chi connectivity index (χ1) is 7.59. The Labute approximate surface area is 102 Å². The van der Waals surface area contributed by atoms with Crippen molar-refractivity contribution in [3.05, 3.63) is 18.5 Å². The molecule has 90 valence electrons. The lowest BCUT2D eigenvalue weighted by Gasteiger charge is -2.26. The van der Waals surface area contributed by atoms with Crippen LogP contribution in [0.2, 0.25) is 0 Å². The van der Waals surface area contributed by atoms with Gasteiger partial charge >= 0.3 is 0 Å². The van der Waals surface area contributed by atoms with Crippen LogP contribution in [0.4, 0.5) is 0 Å². The van der Waals surface area contributed by atoms with Gasteiger partial charge in [0, 0.05) is 37.9 Å². The maximum Gasteiger partial charge on any atom is 0.0740 e. The molecule has 0 saturated carbocycles. The van der Waals surface area contributed by atoms with Crippen LogP contribution >= 0.6 is 12.2 Å². The van der Waals surface area contributed by atoms with Crippen molar-refractivity contribution in [1.29, 1.82) is 0 Å². The molecule has 0 saturated heterocycles. The fraction of sp³-hybridized carbons (Fsp3) is 0.636. The molecule has 1 heterocycles. The first-order valence-corrected chi connectivity index (χ1v) is 6.00. The maximum absolute atomic E-state index is 5.52. The van der Waals surface area contributed by atoms with Crippen molar-refractivity contribution in [3.63, 3.8) is 0 Å². The summed E-state index contributed by atoms with van der Waals surface area (Å²) < 4.78 is 1.94. The van der Waals surface area contributed by atoms with Crippen LogP contribution in [-0.4, -0.2) is 38.8 Å². The lowest BCUT2D eigenvalue weighted by Crippen LogP contribution is -2.36. The van der Waals surface area contributed by atoms with E-state index in [9.17, 15) is 0 Å². The maximum atomic E-state index is 5.52. The van der Waals surface area contributed by atoms with E-state index >= 15 is 0 Å². The average Bonchev–Trinajstić information content (AvgIpc) is 2.69. The minimum Gasteiger partial charge on any atom is -0.393 e. The van der Waals surface area contributed by atoms with Gasteiger partial charge in [-0.15, -0.1) is 0 Å². The Bertz CT molecular complexity index is 308. The summed E-state index contributed by atoms with van der Waals surface area (Å²) in [6.07, 6.45) is 4.56. The first-order valence-electron chi connectivity index (χ1n) is 5.59. The predicted octanol–water partition coefficient (Wildman–Crippen LogP) is 1.27. The Hall–Kier alpha value is -0.940. The summed E-state index contributed by atoms with van der Waals surface area (Å²) in [4.78, 5) is 2.95. The van der Waals surface area contributed by atoms with Crippen LogP contribution in [-0.2, 0) is 6.54 Å². The SMILES string of the molecule is CC(C)N(CCC(N)=S)CCn1cccn1. The van der Waals surface area contributed by atoms with Gasteiger partial charge in [-0.05, 0) is 19.9 Å². The lowest BCUT2D eigenvalue weighted by molar-refractivity contribution is 0.216. The van der Waals surface area contributed by atoms with Gasteiger partial charge in [0.1, 0.15) is 0 Å². The second kappa shape index (κ2) is 6.60. The summed E-state index contributed by atoms with van der Waals surface area (Å²) in [6.45, 7) is 7.17. The molecule has 0 spiro atoms. The fourth-order valence-corrected chi connectivity index (χ4v) is 1.64. The summed E-state index contributed by atoms with van der Waals surface area (Å²) in [6, 6.07) is 2.44. The second-order valence-corrected chi connectivity index (χ2v) is 4.64. The predicted molar refractivity (Wildman–Crippen MR) is 70.3 cm³/mol. The Morgan fingerprint density at radius 3 is 2.75 bits per heavy atom. The third kappa shape index (κ3) is 4.72. The summed E-state index contributed by atoms with van der Waals surface area (Å²) in [7, 11) is 0. The Morgan fingerprint density at radius 2 is 2.25 bits per heavy atom. The molecule has 16 heavy (non-hydrogen) atoms. The third-order valence-electron chi connectivity index (χ3n) is 2.55. The lowest BCUT2D eigenvalue weighted by atomic mass is 10.3. The smallest absolute Gasteiger partial charge is 0.0740 e. The van der Waals surface area contributed by atoms with Crippen molar-refractivity contribution >= 4 is 17.2 Å². The van der Waals surface area contributed by atoms with E-state index in [1.807, 2.05) is 16.9 Å². The zero-order valence-electron chi connectivity index (χ0n) is 9.97. The van der Waals surface area contributed by atoms with Gasteiger partial charge in [-0.25, -0.2) is 0 Å². The highest BCUT2D eigenvalue weighted by Gasteiger charge is 2.09. The minimum absolute atomic E-state index is 0.505. The number of nitrogens with zero attached hydrogens (tertiary/aromatic N) is 3. The van der Waals surface area contributed by atoms with Gasteiger partial charge in [0.15, 0.2) is 0 Å². The molecule has 1 aromatic heterocycles. The number of nitrogens with two attached hydrogens (primary N) is 1. The molecule has 0 aliphatic rings. The zero-order valence-corrected chi connectivity index (χ0v) is 10.8. The van der Waals surface area contributed by atoms with E-state index in [0.717, 1.165) is 26.1 Å². The van der Waals surface area contributed by atoms with E-state index in [2.05, 4.69) is 23.8 Å². The number of thiocarbonyl (C=S) groups is 1. The summed E-state index contributed by atoms with van der Waals surface area (Å²) in [5, 5.41) is 4.18. The van der Waals surface area contributed by atoms with Crippen molar-refractivity contribution in [1.82, 2.24) is 14.7 Å². The molecule has 0 bridgehead atoms. The van der Waals surface area contributed by atoms with Crippen molar-refractivity contribution < 1.29 is 0 Å². The molecule has 0 aliphatic carbocycles. The molecule has 0 atom stereocenters. The summed E-state index contributed by atoms with van der Waals surface area (Å²) in [5.74, 6) is 0. The van der Waals surface area contributed by atoms with E-state index in [1.165, 1.54) is 0 Å². The Kier molecular flexibility index (Phi) is 5.42. The van der Waals surface area contributed by atoms with Crippen molar-refractivity contribution in [2.75, 3.05) is 13.1 Å². The summed E-state index contributed by atoms with van der Waals surface area (Å²) in [5.41, 5.74) is 5.52. The third-order valence-corrected chi connectivity index (χ3v) is 2.76. The number of rotatable bonds is 7. The number of hydrogen-bond donors (Lipinski definition) is 1. The van der Waals surface area contributed by atoms with E-state index in [-0.39, 0.29) is 0 Å². The zero-order chi connectivity index (χ0) is 12.0. The number of hydrogen-bond acceptors (Lipinski definition) is 3. The van der Waals surface area contributed by atoms with Crippen LogP contribution in [0.3, 0.4) is 0 Å². The fourth-order valence-electron chi connectivity index (χ4n) is 1.55. The highest BCUT2D eigenvalue weighted by Crippen LogP contribution is 2.00. The molecule has 0 amide bonds. The van der Waals surface area contributed by atoms with Crippen LogP contribution in [0.25, 0.3) is 0 Å². The van der Waals surface area contributed by atoms with Crippen molar-refractivity contribution in [3.8, 4) is 0 Å². The number of aromatic nitrogens is 2. The molecule has 2 N–H and O–H groups in total. The molecule has 1 rings (SSSR count). The van der Waals surface area contributed by atoms with Crippen molar-refractivity contribution in [2.45, 2.75) is 32.9 Å². The molecule has 0 aliphatic heterocycles. The van der Waals surface area contributed by atoms with Gasteiger partial charge in [0.25, 0.3) is 0 Å². The van der Waals surface area contributed by atoms with Gasteiger partial charge in [-0.2, -0.15) is 5.10 Å². The summed E-state index contributed by atoms with van der Waals surface area (Å²) >= 11 is 4.90. The minimum atomic E-state index is 0.505. The largest absolute Gasteiger partial charge is 0.393 e. The van der Waals surface area contributed by atoms with E-state index in [4.69, 9.17) is 18.0 Å². The van der Waals surface area contributed by atoms with Crippen LogP contribution in [0.15, 0.2) is 18.5 Å². The monoisotopic (exact) mass is 240 g/mol. The van der Waals surface area contributed by atoms with E-state index in [0.29, 0.717) is 11.0 Å². The normalized spacial score (nSPS) is 11.2. The van der Waals surface area contributed by atoms with Gasteiger partial charge < -0.3 is 5.73 Å².